The van der Waals surface area contributed by atoms with Crippen molar-refractivity contribution >= 4 is 21.6 Å². The van der Waals surface area contributed by atoms with Crippen molar-refractivity contribution < 1.29 is 12.8 Å². The molecule has 18 heavy (non-hydrogen) atoms. The molecule has 2 heterocycles. The normalized spacial score (nSPS) is 20.9. The lowest BCUT2D eigenvalue weighted by Gasteiger charge is -2.15. The third kappa shape index (κ3) is 2.76. The minimum absolute atomic E-state index is 0.0367. The van der Waals surface area contributed by atoms with E-state index >= 15 is 0 Å². The first-order valence-electron chi connectivity index (χ1n) is 5.25. The number of nitrogens with zero attached hydrogens (tertiary/aromatic N) is 3. The summed E-state index contributed by atoms with van der Waals surface area (Å²) in [5, 5.41) is 3.99. The van der Waals surface area contributed by atoms with Crippen molar-refractivity contribution in [2.45, 2.75) is 6.04 Å². The maximum atomic E-state index is 13.4. The van der Waals surface area contributed by atoms with Gasteiger partial charge in [-0.2, -0.15) is 4.98 Å². The molecule has 0 unspecified atom stereocenters. The average Bonchev–Trinajstić information content (AvgIpc) is 2.60. The lowest BCUT2D eigenvalue weighted by Crippen LogP contribution is -2.23. The monoisotopic (exact) mass is 272 g/mol. The second-order valence-electron chi connectivity index (χ2n) is 4.17. The Bertz CT molecular complexity index is 586. The Labute approximate surface area is 104 Å². The molecule has 0 fully saturated rings. The lowest BCUT2D eigenvalue weighted by atomic mass is 10.3. The van der Waals surface area contributed by atoms with Crippen LogP contribution < -0.4 is 10.2 Å². The first-order valence-corrected chi connectivity index (χ1v) is 6.96. The van der Waals surface area contributed by atoms with Crippen LogP contribution in [0.25, 0.3) is 0 Å². The molecule has 0 aromatic carbocycles. The molecular formula is C10H13FN4O2S. The van der Waals surface area contributed by atoms with Gasteiger partial charge in [0.25, 0.3) is 0 Å². The molecule has 0 saturated carbocycles. The average molecular weight is 272 g/mol. The van der Waals surface area contributed by atoms with Gasteiger partial charge in [-0.3, -0.25) is 0 Å². The molecule has 0 radical (unpaired) electrons. The van der Waals surface area contributed by atoms with Crippen molar-refractivity contribution in [3.63, 3.8) is 0 Å². The zero-order chi connectivity index (χ0) is 13.3. The van der Waals surface area contributed by atoms with Crippen LogP contribution in [0.2, 0.25) is 0 Å². The molecule has 1 N–H and O–H groups in total. The third-order valence-electron chi connectivity index (χ3n) is 2.39. The predicted molar refractivity (Wildman–Crippen MR) is 66.7 cm³/mol. The summed E-state index contributed by atoms with van der Waals surface area (Å²) in [6.45, 7) is 0. The van der Waals surface area contributed by atoms with Crippen molar-refractivity contribution in [1.29, 1.82) is 0 Å². The summed E-state index contributed by atoms with van der Waals surface area (Å²) >= 11 is 0. The van der Waals surface area contributed by atoms with Gasteiger partial charge in [-0.15, -0.1) is 0 Å². The van der Waals surface area contributed by atoms with Crippen molar-refractivity contribution in [3.8, 4) is 0 Å². The van der Waals surface area contributed by atoms with Gasteiger partial charge in [0.1, 0.15) is 0 Å². The van der Waals surface area contributed by atoms with E-state index in [1.807, 2.05) is 0 Å². The van der Waals surface area contributed by atoms with E-state index in [4.69, 9.17) is 0 Å². The molecule has 0 spiro atoms. The highest BCUT2D eigenvalue weighted by Gasteiger charge is 2.22. The molecule has 1 atom stereocenters. The molecule has 0 saturated heterocycles. The largest absolute Gasteiger partial charge is 0.360 e. The first-order chi connectivity index (χ1) is 8.37. The number of aromatic nitrogens is 2. The number of anilines is 2. The molecule has 1 aromatic heterocycles. The fraction of sp³-hybridized carbons (Fsp3) is 0.400. The van der Waals surface area contributed by atoms with Crippen LogP contribution >= 0.6 is 0 Å². The Kier molecular flexibility index (Phi) is 3.20. The van der Waals surface area contributed by atoms with Crippen molar-refractivity contribution in [2.75, 3.05) is 30.1 Å². The van der Waals surface area contributed by atoms with Gasteiger partial charge in [-0.05, 0) is 6.08 Å². The van der Waals surface area contributed by atoms with Gasteiger partial charge in [-0.1, -0.05) is 0 Å². The number of hydrogen-bond acceptors (Lipinski definition) is 6. The number of rotatable bonds is 3. The van der Waals surface area contributed by atoms with Gasteiger partial charge >= 0.3 is 0 Å². The molecule has 1 aliphatic rings. The Hall–Kier alpha value is -1.70. The van der Waals surface area contributed by atoms with E-state index in [0.717, 1.165) is 11.6 Å². The summed E-state index contributed by atoms with van der Waals surface area (Å²) in [5.41, 5.74) is 0. The van der Waals surface area contributed by atoms with Gasteiger partial charge in [0.2, 0.25) is 5.95 Å². The first kappa shape index (κ1) is 12.7. The standard InChI is InChI=1S/C10H13FN4O2S/c1-15(2)9-8(11)5-12-10(14-9)13-7-3-4-18(16,17)6-7/h3-5,7H,6H2,1-2H3,(H,12,13,14)/t7-/m1/s1. The predicted octanol–water partition coefficient (Wildman–Crippen LogP) is 0.404. The Morgan fingerprint density at radius 2 is 2.22 bits per heavy atom. The molecule has 6 nitrogen and oxygen atoms in total. The summed E-state index contributed by atoms with van der Waals surface area (Å²) < 4.78 is 35.8. The highest BCUT2D eigenvalue weighted by molar-refractivity contribution is 7.94. The zero-order valence-electron chi connectivity index (χ0n) is 9.96. The summed E-state index contributed by atoms with van der Waals surface area (Å²) in [4.78, 5) is 9.28. The van der Waals surface area contributed by atoms with Crippen molar-refractivity contribution in [3.05, 3.63) is 23.5 Å². The van der Waals surface area contributed by atoms with Crippen LogP contribution in [-0.2, 0) is 9.84 Å². The topological polar surface area (TPSA) is 75.2 Å². The minimum atomic E-state index is -3.13. The highest BCUT2D eigenvalue weighted by Crippen LogP contribution is 2.17. The molecule has 2 rings (SSSR count). The molecule has 98 valence electrons. The van der Waals surface area contributed by atoms with Gasteiger partial charge in [0.15, 0.2) is 21.5 Å². The highest BCUT2D eigenvalue weighted by atomic mass is 32.2. The van der Waals surface area contributed by atoms with Crippen LogP contribution in [0, 0.1) is 5.82 Å². The second-order valence-corrected chi connectivity index (χ2v) is 6.10. The molecule has 1 aliphatic heterocycles. The quantitative estimate of drug-likeness (QED) is 0.858. The van der Waals surface area contributed by atoms with Crippen LogP contribution in [0.15, 0.2) is 17.7 Å². The number of nitrogens with one attached hydrogen (secondary N) is 1. The fourth-order valence-electron chi connectivity index (χ4n) is 1.57. The Balaban J connectivity index is 2.16. The molecule has 0 bridgehead atoms. The van der Waals surface area contributed by atoms with Gasteiger partial charge in [-0.25, -0.2) is 17.8 Å². The fourth-order valence-corrected chi connectivity index (χ4v) is 2.81. The van der Waals surface area contributed by atoms with E-state index in [0.29, 0.717) is 0 Å². The number of hydrogen-bond donors (Lipinski definition) is 1. The molecule has 0 aliphatic carbocycles. The zero-order valence-corrected chi connectivity index (χ0v) is 10.8. The van der Waals surface area contributed by atoms with Crippen LogP contribution in [0.1, 0.15) is 0 Å². The third-order valence-corrected chi connectivity index (χ3v) is 3.79. The van der Waals surface area contributed by atoms with Crippen LogP contribution in [-0.4, -0.2) is 44.3 Å². The van der Waals surface area contributed by atoms with Crippen LogP contribution in [0.5, 0.6) is 0 Å². The maximum Gasteiger partial charge on any atom is 0.225 e. The molecule has 0 amide bonds. The van der Waals surface area contributed by atoms with E-state index in [9.17, 15) is 12.8 Å². The van der Waals surface area contributed by atoms with E-state index in [2.05, 4.69) is 15.3 Å². The van der Waals surface area contributed by atoms with Gasteiger partial charge in [0, 0.05) is 19.5 Å². The van der Waals surface area contributed by atoms with E-state index in [1.165, 1.54) is 11.0 Å². The molecule has 1 aromatic rings. The van der Waals surface area contributed by atoms with Crippen molar-refractivity contribution in [1.82, 2.24) is 9.97 Å². The SMILES string of the molecule is CN(C)c1nc(N[C@@H]2C=CS(=O)(=O)C2)ncc1F. The number of halogens is 1. The van der Waals surface area contributed by atoms with E-state index in [1.54, 1.807) is 14.1 Å². The summed E-state index contributed by atoms with van der Waals surface area (Å²) in [6, 6.07) is -0.379. The van der Waals surface area contributed by atoms with Gasteiger partial charge in [0.05, 0.1) is 18.0 Å². The summed E-state index contributed by atoms with van der Waals surface area (Å²) in [7, 11) is 0.190. The van der Waals surface area contributed by atoms with Crippen LogP contribution in [0.3, 0.4) is 0 Å². The number of sulfone groups is 1. The van der Waals surface area contributed by atoms with E-state index in [-0.39, 0.29) is 23.6 Å². The summed E-state index contributed by atoms with van der Waals surface area (Å²) in [6.07, 6.45) is 2.58. The Morgan fingerprint density at radius 3 is 2.78 bits per heavy atom. The lowest BCUT2D eigenvalue weighted by molar-refractivity contribution is 0.604. The molecule has 8 heteroatoms. The second kappa shape index (κ2) is 4.52. The summed E-state index contributed by atoms with van der Waals surface area (Å²) in [5.74, 6) is -0.213. The van der Waals surface area contributed by atoms with E-state index < -0.39 is 15.7 Å². The van der Waals surface area contributed by atoms with Crippen molar-refractivity contribution in [2.24, 2.45) is 0 Å². The Morgan fingerprint density at radius 1 is 1.50 bits per heavy atom. The molecular weight excluding hydrogens is 259 g/mol. The van der Waals surface area contributed by atoms with Crippen LogP contribution in [0.4, 0.5) is 16.2 Å². The maximum absolute atomic E-state index is 13.4. The minimum Gasteiger partial charge on any atom is -0.360 e. The van der Waals surface area contributed by atoms with Gasteiger partial charge < -0.3 is 10.2 Å². The smallest absolute Gasteiger partial charge is 0.225 e.